The van der Waals surface area contributed by atoms with Crippen molar-refractivity contribution in [2.75, 3.05) is 4.90 Å². The standard InChI is InChI=1S/C30H24ClNO2/c31-24-14-9-15-25(18-24)32-27(33)29-16-7-8-17-30(29,28(32)34)20-23(19-29)26(21-10-3-1-4-11-21)22-12-5-2-6-13-22/h1-15,18H,16-17,19-20H2. The Morgan fingerprint density at radius 2 is 1.24 bits per heavy atom. The summed E-state index contributed by atoms with van der Waals surface area (Å²) in [6.07, 6.45) is 6.48. The van der Waals surface area contributed by atoms with Crippen molar-refractivity contribution in [2.24, 2.45) is 10.8 Å². The molecule has 3 aromatic rings. The van der Waals surface area contributed by atoms with Crippen LogP contribution in [0.1, 0.15) is 36.8 Å². The van der Waals surface area contributed by atoms with Crippen molar-refractivity contribution in [1.29, 1.82) is 0 Å². The maximum absolute atomic E-state index is 14.1. The van der Waals surface area contributed by atoms with E-state index in [1.54, 1.807) is 24.3 Å². The van der Waals surface area contributed by atoms with Gasteiger partial charge in [0, 0.05) is 5.02 Å². The number of anilines is 1. The topological polar surface area (TPSA) is 37.4 Å². The van der Waals surface area contributed by atoms with E-state index in [9.17, 15) is 9.59 Å². The number of rotatable bonds is 3. The highest BCUT2D eigenvalue weighted by Crippen LogP contribution is 2.67. The molecule has 0 aromatic heterocycles. The fraction of sp³-hybridized carbons (Fsp3) is 0.200. The number of allylic oxidation sites excluding steroid dienone is 3. The van der Waals surface area contributed by atoms with Crippen LogP contribution in [0.2, 0.25) is 5.02 Å². The molecule has 3 nitrogen and oxygen atoms in total. The highest BCUT2D eigenvalue weighted by Gasteiger charge is 2.72. The predicted octanol–water partition coefficient (Wildman–Crippen LogP) is 6.83. The molecule has 1 saturated carbocycles. The van der Waals surface area contributed by atoms with E-state index in [0.717, 1.165) is 16.7 Å². The number of amides is 2. The monoisotopic (exact) mass is 465 g/mol. The van der Waals surface area contributed by atoms with Crippen LogP contribution in [0.25, 0.3) is 5.57 Å². The maximum Gasteiger partial charge on any atom is 0.241 e. The smallest absolute Gasteiger partial charge is 0.241 e. The fourth-order valence-corrected chi connectivity index (χ4v) is 6.48. The fourth-order valence-electron chi connectivity index (χ4n) is 6.30. The Balaban J connectivity index is 1.53. The Morgan fingerprint density at radius 3 is 1.74 bits per heavy atom. The number of imide groups is 1. The molecule has 0 spiro atoms. The van der Waals surface area contributed by atoms with E-state index in [1.807, 2.05) is 36.4 Å². The van der Waals surface area contributed by atoms with Crippen LogP contribution in [0.4, 0.5) is 5.69 Å². The number of carbonyl (C=O) groups excluding carboxylic acids is 2. The molecule has 0 radical (unpaired) electrons. The summed E-state index contributed by atoms with van der Waals surface area (Å²) in [6, 6.07) is 27.7. The minimum atomic E-state index is -0.759. The second kappa shape index (κ2) is 7.82. The maximum atomic E-state index is 14.1. The van der Waals surface area contributed by atoms with Crippen molar-refractivity contribution in [3.8, 4) is 0 Å². The van der Waals surface area contributed by atoms with Crippen LogP contribution in [0.5, 0.6) is 0 Å². The molecular formula is C30H24ClNO2. The molecular weight excluding hydrogens is 442 g/mol. The first-order chi connectivity index (χ1) is 16.6. The summed E-state index contributed by atoms with van der Waals surface area (Å²) in [5.74, 6) is -0.195. The summed E-state index contributed by atoms with van der Waals surface area (Å²) in [5.41, 5.74) is 3.62. The molecule has 2 unspecified atom stereocenters. The first kappa shape index (κ1) is 21.1. The largest absolute Gasteiger partial charge is 0.273 e. The summed E-state index contributed by atoms with van der Waals surface area (Å²) >= 11 is 6.22. The lowest BCUT2D eigenvalue weighted by molar-refractivity contribution is -0.132. The lowest BCUT2D eigenvalue weighted by atomic mass is 9.61. The molecule has 1 aliphatic heterocycles. The first-order valence-electron chi connectivity index (χ1n) is 11.7. The lowest BCUT2D eigenvalue weighted by Gasteiger charge is -2.36. The van der Waals surface area contributed by atoms with E-state index in [2.05, 4.69) is 36.4 Å². The van der Waals surface area contributed by atoms with Crippen molar-refractivity contribution in [3.63, 3.8) is 0 Å². The molecule has 34 heavy (non-hydrogen) atoms. The highest BCUT2D eigenvalue weighted by atomic mass is 35.5. The van der Waals surface area contributed by atoms with Crippen molar-refractivity contribution in [3.05, 3.63) is 119 Å². The number of hydrogen-bond acceptors (Lipinski definition) is 2. The predicted molar refractivity (Wildman–Crippen MR) is 135 cm³/mol. The van der Waals surface area contributed by atoms with Gasteiger partial charge in [0.15, 0.2) is 0 Å². The van der Waals surface area contributed by atoms with Gasteiger partial charge in [0.05, 0.1) is 16.5 Å². The van der Waals surface area contributed by atoms with Crippen LogP contribution >= 0.6 is 11.6 Å². The molecule has 0 bridgehead atoms. The molecule has 4 heteroatoms. The van der Waals surface area contributed by atoms with E-state index in [4.69, 9.17) is 11.6 Å². The van der Waals surface area contributed by atoms with Crippen LogP contribution in [0.15, 0.2) is 103 Å². The molecule has 1 saturated heterocycles. The van der Waals surface area contributed by atoms with Gasteiger partial charge in [-0.2, -0.15) is 0 Å². The van der Waals surface area contributed by atoms with Gasteiger partial charge >= 0.3 is 0 Å². The molecule has 2 atom stereocenters. The van der Waals surface area contributed by atoms with Gasteiger partial charge in [-0.05, 0) is 60.6 Å². The summed E-state index contributed by atoms with van der Waals surface area (Å²) in [6.45, 7) is 0. The zero-order chi connectivity index (χ0) is 23.3. The number of benzene rings is 3. The van der Waals surface area contributed by atoms with Crippen molar-refractivity contribution < 1.29 is 9.59 Å². The third kappa shape index (κ3) is 2.90. The average Bonchev–Trinajstić information content (AvgIpc) is 3.30. The van der Waals surface area contributed by atoms with Crippen molar-refractivity contribution in [1.82, 2.24) is 0 Å². The normalized spacial score (nSPS) is 25.4. The third-order valence-electron chi connectivity index (χ3n) is 7.82. The zero-order valence-corrected chi connectivity index (χ0v) is 19.5. The van der Waals surface area contributed by atoms with Crippen molar-refractivity contribution >= 4 is 34.7 Å². The lowest BCUT2D eigenvalue weighted by Crippen LogP contribution is -2.41. The molecule has 3 aliphatic rings. The zero-order valence-electron chi connectivity index (χ0n) is 18.7. The van der Waals surface area contributed by atoms with Crippen LogP contribution in [-0.4, -0.2) is 11.8 Å². The molecule has 2 fully saturated rings. The molecule has 1 heterocycles. The highest BCUT2D eigenvalue weighted by molar-refractivity contribution is 6.32. The molecule has 6 rings (SSSR count). The Morgan fingerprint density at radius 1 is 0.706 bits per heavy atom. The van der Waals surface area contributed by atoms with Gasteiger partial charge in [0.2, 0.25) is 11.8 Å². The third-order valence-corrected chi connectivity index (χ3v) is 8.05. The van der Waals surface area contributed by atoms with E-state index in [0.29, 0.717) is 36.4 Å². The molecule has 2 aliphatic carbocycles. The van der Waals surface area contributed by atoms with Gasteiger partial charge < -0.3 is 0 Å². The Bertz CT molecular complexity index is 1280. The van der Waals surface area contributed by atoms with Crippen LogP contribution in [0, 0.1) is 10.8 Å². The van der Waals surface area contributed by atoms with E-state index >= 15 is 0 Å². The minimum Gasteiger partial charge on any atom is -0.273 e. The number of halogens is 1. The minimum absolute atomic E-state index is 0.0976. The van der Waals surface area contributed by atoms with Gasteiger partial charge in [-0.3, -0.25) is 9.59 Å². The Labute approximate surface area is 204 Å². The first-order valence-corrected chi connectivity index (χ1v) is 12.1. The van der Waals surface area contributed by atoms with Gasteiger partial charge in [-0.15, -0.1) is 0 Å². The number of hydrogen-bond donors (Lipinski definition) is 0. The molecule has 0 N–H and O–H groups in total. The number of nitrogens with zero attached hydrogens (tertiary/aromatic N) is 1. The van der Waals surface area contributed by atoms with E-state index in [-0.39, 0.29) is 11.8 Å². The Hall–Kier alpha value is -3.43. The van der Waals surface area contributed by atoms with Gasteiger partial charge in [0.1, 0.15) is 0 Å². The summed E-state index contributed by atoms with van der Waals surface area (Å²) < 4.78 is 0. The van der Waals surface area contributed by atoms with Gasteiger partial charge in [-0.1, -0.05) is 96.1 Å². The van der Waals surface area contributed by atoms with E-state index in [1.165, 1.54) is 10.5 Å². The van der Waals surface area contributed by atoms with Crippen molar-refractivity contribution in [2.45, 2.75) is 25.7 Å². The van der Waals surface area contributed by atoms with Crippen LogP contribution in [-0.2, 0) is 9.59 Å². The molecule has 3 aromatic carbocycles. The summed E-state index contributed by atoms with van der Waals surface area (Å²) in [5, 5.41) is 0.516. The molecule has 168 valence electrons. The number of carbonyl (C=O) groups is 2. The molecule has 2 amide bonds. The van der Waals surface area contributed by atoms with E-state index < -0.39 is 10.8 Å². The summed E-state index contributed by atoms with van der Waals surface area (Å²) in [7, 11) is 0. The second-order valence-electron chi connectivity index (χ2n) is 9.53. The Kier molecular flexibility index (Phi) is 4.86. The SMILES string of the molecule is O=C1N(c2cccc(Cl)c2)C(=O)C23CC=CCC12CC(=C(c1ccccc1)c1ccccc1)C3. The van der Waals surface area contributed by atoms with Crippen LogP contribution in [0.3, 0.4) is 0 Å². The average molecular weight is 466 g/mol. The second-order valence-corrected chi connectivity index (χ2v) is 9.97. The van der Waals surface area contributed by atoms with Gasteiger partial charge in [-0.25, -0.2) is 4.90 Å². The quantitative estimate of drug-likeness (QED) is 0.314. The summed E-state index contributed by atoms with van der Waals surface area (Å²) in [4.78, 5) is 29.6. The van der Waals surface area contributed by atoms with Crippen LogP contribution < -0.4 is 4.90 Å². The van der Waals surface area contributed by atoms with Gasteiger partial charge in [0.25, 0.3) is 0 Å².